The van der Waals surface area contributed by atoms with Crippen molar-refractivity contribution in [2.75, 3.05) is 23.5 Å². The van der Waals surface area contributed by atoms with Crippen molar-refractivity contribution in [1.82, 2.24) is 4.98 Å². The minimum Gasteiger partial charge on any atom is -0.497 e. The Hall–Kier alpha value is -3.07. The molecular formula is C23H18ClN3O3S2. The van der Waals surface area contributed by atoms with Crippen LogP contribution in [0.3, 0.4) is 0 Å². The van der Waals surface area contributed by atoms with Crippen molar-refractivity contribution in [3.8, 4) is 5.75 Å². The van der Waals surface area contributed by atoms with Crippen LogP contribution in [-0.4, -0.2) is 29.7 Å². The number of thioether (sulfide) groups is 1. The second-order valence-corrected chi connectivity index (χ2v) is 9.38. The van der Waals surface area contributed by atoms with Crippen LogP contribution in [0.5, 0.6) is 5.75 Å². The fourth-order valence-corrected chi connectivity index (χ4v) is 4.97. The number of methoxy groups -OCH3 is 1. The Balaban J connectivity index is 1.37. The molecule has 4 aromatic rings. The Kier molecular flexibility index (Phi) is 6.94. The maximum Gasteiger partial charge on any atom is 0.255 e. The zero-order chi connectivity index (χ0) is 22.5. The largest absolute Gasteiger partial charge is 0.497 e. The van der Waals surface area contributed by atoms with Crippen molar-refractivity contribution < 1.29 is 14.3 Å². The number of hydrogen-bond donors (Lipinski definition) is 2. The first kappa shape index (κ1) is 22.1. The number of anilines is 2. The van der Waals surface area contributed by atoms with Crippen molar-refractivity contribution in [3.63, 3.8) is 0 Å². The first-order valence-electron chi connectivity index (χ1n) is 9.54. The minimum atomic E-state index is -0.235. The number of carbonyl (C=O) groups excluding carboxylic acids is 2. The van der Waals surface area contributed by atoms with Crippen LogP contribution in [0.4, 0.5) is 11.4 Å². The number of fused-ring (bicyclic) bond motifs is 1. The number of rotatable bonds is 7. The predicted molar refractivity (Wildman–Crippen MR) is 131 cm³/mol. The third-order valence-electron chi connectivity index (χ3n) is 4.41. The van der Waals surface area contributed by atoms with Gasteiger partial charge in [0.05, 0.1) is 23.1 Å². The van der Waals surface area contributed by atoms with Gasteiger partial charge < -0.3 is 15.4 Å². The molecule has 0 aliphatic carbocycles. The number of halogens is 1. The average molecular weight is 484 g/mol. The monoisotopic (exact) mass is 483 g/mol. The lowest BCUT2D eigenvalue weighted by Gasteiger charge is -2.05. The number of nitrogens with zero attached hydrogens (tertiary/aromatic N) is 1. The van der Waals surface area contributed by atoms with Crippen molar-refractivity contribution >= 4 is 68.1 Å². The van der Waals surface area contributed by atoms with Crippen LogP contribution in [0.25, 0.3) is 10.2 Å². The van der Waals surface area contributed by atoms with Gasteiger partial charge in [0, 0.05) is 22.0 Å². The Bertz CT molecular complexity index is 1280. The summed E-state index contributed by atoms with van der Waals surface area (Å²) < 4.78 is 6.82. The van der Waals surface area contributed by atoms with Crippen LogP contribution in [0.2, 0.25) is 5.02 Å². The van der Waals surface area contributed by atoms with Crippen molar-refractivity contribution in [2.24, 2.45) is 0 Å². The highest BCUT2D eigenvalue weighted by atomic mass is 35.5. The van der Waals surface area contributed by atoms with E-state index in [9.17, 15) is 9.59 Å². The van der Waals surface area contributed by atoms with Gasteiger partial charge in [-0.15, -0.1) is 11.3 Å². The molecule has 32 heavy (non-hydrogen) atoms. The maximum atomic E-state index is 12.4. The van der Waals surface area contributed by atoms with E-state index in [1.54, 1.807) is 61.7 Å². The van der Waals surface area contributed by atoms with Gasteiger partial charge in [-0.3, -0.25) is 9.59 Å². The molecule has 4 rings (SSSR count). The second-order valence-electron chi connectivity index (χ2n) is 6.69. The van der Waals surface area contributed by atoms with Crippen LogP contribution >= 0.6 is 34.7 Å². The SMILES string of the molecule is COc1ccc(NC(=O)CSc2nc3ccc(NC(=O)c4cccc(Cl)c4)cc3s2)cc1. The van der Waals surface area contributed by atoms with Crippen LogP contribution in [0, 0.1) is 0 Å². The molecular weight excluding hydrogens is 466 g/mol. The van der Waals surface area contributed by atoms with E-state index in [1.165, 1.54) is 23.1 Å². The Morgan fingerprint density at radius 2 is 1.81 bits per heavy atom. The van der Waals surface area contributed by atoms with Gasteiger partial charge in [-0.2, -0.15) is 0 Å². The van der Waals surface area contributed by atoms with Gasteiger partial charge in [-0.1, -0.05) is 29.4 Å². The summed E-state index contributed by atoms with van der Waals surface area (Å²) in [6.45, 7) is 0. The lowest BCUT2D eigenvalue weighted by molar-refractivity contribution is -0.113. The lowest BCUT2D eigenvalue weighted by Crippen LogP contribution is -2.13. The molecule has 0 aliphatic rings. The normalized spacial score (nSPS) is 10.7. The highest BCUT2D eigenvalue weighted by Gasteiger charge is 2.11. The maximum absolute atomic E-state index is 12.4. The van der Waals surface area contributed by atoms with E-state index in [0.29, 0.717) is 22.0 Å². The van der Waals surface area contributed by atoms with Crippen LogP contribution in [0.1, 0.15) is 10.4 Å². The van der Waals surface area contributed by atoms with Gasteiger partial charge in [0.1, 0.15) is 5.75 Å². The highest BCUT2D eigenvalue weighted by molar-refractivity contribution is 8.01. The number of ether oxygens (including phenoxy) is 1. The fourth-order valence-electron chi connectivity index (χ4n) is 2.87. The quantitative estimate of drug-likeness (QED) is 0.318. The van der Waals surface area contributed by atoms with Gasteiger partial charge in [0.25, 0.3) is 5.91 Å². The molecule has 162 valence electrons. The van der Waals surface area contributed by atoms with E-state index in [-0.39, 0.29) is 17.6 Å². The van der Waals surface area contributed by atoms with Gasteiger partial charge >= 0.3 is 0 Å². The molecule has 0 spiro atoms. The van der Waals surface area contributed by atoms with Crippen molar-refractivity contribution in [3.05, 3.63) is 77.3 Å². The molecule has 0 bridgehead atoms. The molecule has 9 heteroatoms. The molecule has 0 fully saturated rings. The smallest absolute Gasteiger partial charge is 0.255 e. The molecule has 0 saturated carbocycles. The summed E-state index contributed by atoms with van der Waals surface area (Å²) in [5.41, 5.74) is 2.68. The minimum absolute atomic E-state index is 0.117. The number of aromatic nitrogens is 1. The molecule has 0 atom stereocenters. The van der Waals surface area contributed by atoms with E-state index < -0.39 is 0 Å². The molecule has 0 aliphatic heterocycles. The number of amides is 2. The number of benzene rings is 3. The molecule has 2 N–H and O–H groups in total. The lowest BCUT2D eigenvalue weighted by atomic mass is 10.2. The summed E-state index contributed by atoms with van der Waals surface area (Å²) in [7, 11) is 1.60. The number of thiazole rings is 1. The molecule has 1 aromatic heterocycles. The third-order valence-corrected chi connectivity index (χ3v) is 6.81. The summed E-state index contributed by atoms with van der Waals surface area (Å²) in [5.74, 6) is 0.620. The number of carbonyl (C=O) groups is 2. The Morgan fingerprint density at radius 3 is 2.56 bits per heavy atom. The summed E-state index contributed by atoms with van der Waals surface area (Å²) in [4.78, 5) is 29.2. The van der Waals surface area contributed by atoms with Gasteiger partial charge in [0.2, 0.25) is 5.91 Å². The van der Waals surface area contributed by atoms with Crippen molar-refractivity contribution in [2.45, 2.75) is 4.34 Å². The summed E-state index contributed by atoms with van der Waals surface area (Å²) in [6, 6.07) is 19.5. The van der Waals surface area contributed by atoms with Gasteiger partial charge in [-0.05, 0) is 60.7 Å². The Morgan fingerprint density at radius 1 is 1.03 bits per heavy atom. The molecule has 1 heterocycles. The number of nitrogens with one attached hydrogen (secondary N) is 2. The van der Waals surface area contributed by atoms with Crippen LogP contribution in [-0.2, 0) is 4.79 Å². The zero-order valence-corrected chi connectivity index (χ0v) is 19.3. The molecule has 6 nitrogen and oxygen atoms in total. The summed E-state index contributed by atoms with van der Waals surface area (Å²) in [5, 5.41) is 6.23. The third kappa shape index (κ3) is 5.59. The van der Waals surface area contributed by atoms with E-state index >= 15 is 0 Å². The van der Waals surface area contributed by atoms with E-state index in [0.717, 1.165) is 20.3 Å². The highest BCUT2D eigenvalue weighted by Crippen LogP contribution is 2.31. The van der Waals surface area contributed by atoms with Gasteiger partial charge in [0.15, 0.2) is 4.34 Å². The summed E-state index contributed by atoms with van der Waals surface area (Å²) in [6.07, 6.45) is 0. The zero-order valence-electron chi connectivity index (χ0n) is 16.9. The van der Waals surface area contributed by atoms with E-state index in [4.69, 9.17) is 16.3 Å². The molecule has 0 unspecified atom stereocenters. The topological polar surface area (TPSA) is 80.3 Å². The van der Waals surface area contributed by atoms with Gasteiger partial charge in [-0.25, -0.2) is 4.98 Å². The van der Waals surface area contributed by atoms with Crippen LogP contribution in [0.15, 0.2) is 71.1 Å². The first-order valence-corrected chi connectivity index (χ1v) is 11.7. The fraction of sp³-hybridized carbons (Fsp3) is 0.0870. The second kappa shape index (κ2) is 10.0. The van der Waals surface area contributed by atoms with Crippen LogP contribution < -0.4 is 15.4 Å². The molecule has 0 saturated heterocycles. The van der Waals surface area contributed by atoms with Crippen molar-refractivity contribution in [1.29, 1.82) is 0 Å². The summed E-state index contributed by atoms with van der Waals surface area (Å²) >= 11 is 8.80. The number of hydrogen-bond acceptors (Lipinski definition) is 6. The Labute approximate surface area is 198 Å². The molecule has 2 amide bonds. The average Bonchev–Trinajstić information content (AvgIpc) is 3.20. The molecule has 0 radical (unpaired) electrons. The molecule has 3 aromatic carbocycles. The van der Waals surface area contributed by atoms with E-state index in [1.807, 2.05) is 12.1 Å². The first-order chi connectivity index (χ1) is 15.5. The van der Waals surface area contributed by atoms with E-state index in [2.05, 4.69) is 15.6 Å². The standard InChI is InChI=1S/C23H18ClN3O3S2/c1-30-18-8-5-16(6-9-18)25-21(28)13-31-23-27-19-10-7-17(12-20(19)32-23)26-22(29)14-3-2-4-15(24)11-14/h2-12H,13H2,1H3,(H,25,28)(H,26,29). The predicted octanol–water partition coefficient (Wildman–Crippen LogP) is 5.94.